The van der Waals surface area contributed by atoms with Crippen LogP contribution in [-0.2, 0) is 14.3 Å². The van der Waals surface area contributed by atoms with Crippen molar-refractivity contribution >= 4 is 11.8 Å². The van der Waals surface area contributed by atoms with E-state index < -0.39 is 0 Å². The van der Waals surface area contributed by atoms with Gasteiger partial charge in [-0.15, -0.1) is 0 Å². The van der Waals surface area contributed by atoms with Gasteiger partial charge >= 0.3 is 0 Å². The lowest BCUT2D eigenvalue weighted by Crippen LogP contribution is -2.46. The van der Waals surface area contributed by atoms with Crippen molar-refractivity contribution in [3.63, 3.8) is 0 Å². The van der Waals surface area contributed by atoms with Crippen molar-refractivity contribution in [1.82, 2.24) is 30.2 Å². The standard InChI is InChI=1S/C24H40N6O4/c1-18(2)23(32)29-9-5-24(6-10-29)15-20(22-26-19(3)27-34-22)30(17-24)16-21(31)25-7-4-8-28-11-13-33-14-12-28/h18,20H,4-17H2,1-3H3,(H,25,31). The molecule has 3 aliphatic rings. The van der Waals surface area contributed by atoms with Crippen molar-refractivity contribution in [2.75, 3.05) is 65.6 Å². The number of carbonyl (C=O) groups excluding carboxylic acids is 2. The minimum atomic E-state index is -0.0624. The third-order valence-electron chi connectivity index (χ3n) is 7.49. The molecule has 190 valence electrons. The second kappa shape index (κ2) is 11.1. The average Bonchev–Trinajstić information content (AvgIpc) is 3.41. The summed E-state index contributed by atoms with van der Waals surface area (Å²) in [6, 6.07) is -0.0624. The Morgan fingerprint density at radius 3 is 2.56 bits per heavy atom. The Balaban J connectivity index is 1.32. The second-order valence-electron chi connectivity index (χ2n) is 10.4. The lowest BCUT2D eigenvalue weighted by Gasteiger charge is -2.40. The molecule has 1 unspecified atom stereocenters. The molecule has 3 aliphatic heterocycles. The molecule has 1 spiro atoms. The molecule has 0 radical (unpaired) electrons. The highest BCUT2D eigenvalue weighted by atomic mass is 16.5. The van der Waals surface area contributed by atoms with E-state index in [1.807, 2.05) is 25.7 Å². The van der Waals surface area contributed by atoms with E-state index in [4.69, 9.17) is 9.26 Å². The molecule has 1 aromatic rings. The number of rotatable bonds is 8. The third-order valence-corrected chi connectivity index (χ3v) is 7.49. The summed E-state index contributed by atoms with van der Waals surface area (Å²) in [6.07, 6.45) is 3.68. The number of amides is 2. The summed E-state index contributed by atoms with van der Waals surface area (Å²) in [5, 5.41) is 7.08. The van der Waals surface area contributed by atoms with Gasteiger partial charge in [0.25, 0.3) is 0 Å². The van der Waals surface area contributed by atoms with Gasteiger partial charge in [-0.3, -0.25) is 19.4 Å². The van der Waals surface area contributed by atoms with Gasteiger partial charge in [-0.05, 0) is 44.6 Å². The largest absolute Gasteiger partial charge is 0.379 e. The van der Waals surface area contributed by atoms with Gasteiger partial charge in [0.15, 0.2) is 5.82 Å². The van der Waals surface area contributed by atoms with Gasteiger partial charge in [-0.1, -0.05) is 19.0 Å². The zero-order chi connectivity index (χ0) is 24.1. The predicted octanol–water partition coefficient (Wildman–Crippen LogP) is 1.23. The quantitative estimate of drug-likeness (QED) is 0.559. The predicted molar refractivity (Wildman–Crippen MR) is 126 cm³/mol. The number of likely N-dealkylation sites (tertiary alicyclic amines) is 2. The number of nitrogens with one attached hydrogen (secondary N) is 1. The molecule has 34 heavy (non-hydrogen) atoms. The molecule has 0 bridgehead atoms. The maximum Gasteiger partial charge on any atom is 0.244 e. The van der Waals surface area contributed by atoms with Gasteiger partial charge in [0.05, 0.1) is 25.8 Å². The van der Waals surface area contributed by atoms with E-state index in [2.05, 4.69) is 25.3 Å². The molecule has 0 saturated carbocycles. The van der Waals surface area contributed by atoms with Gasteiger partial charge in [-0.25, -0.2) is 0 Å². The van der Waals surface area contributed by atoms with E-state index in [9.17, 15) is 9.59 Å². The van der Waals surface area contributed by atoms with Gasteiger partial charge in [0.1, 0.15) is 0 Å². The molecule has 10 heteroatoms. The highest BCUT2D eigenvalue weighted by Gasteiger charge is 2.48. The number of aromatic nitrogens is 2. The summed E-state index contributed by atoms with van der Waals surface area (Å²) >= 11 is 0. The Hall–Kier alpha value is -2.04. The van der Waals surface area contributed by atoms with E-state index in [1.54, 1.807) is 0 Å². The summed E-state index contributed by atoms with van der Waals surface area (Å²) in [5.74, 6) is 1.49. The van der Waals surface area contributed by atoms with Gasteiger partial charge < -0.3 is 19.5 Å². The van der Waals surface area contributed by atoms with Crippen LogP contribution in [-0.4, -0.2) is 102 Å². The van der Waals surface area contributed by atoms with Crippen molar-refractivity contribution in [2.24, 2.45) is 11.3 Å². The molecule has 4 heterocycles. The van der Waals surface area contributed by atoms with Crippen LogP contribution in [0, 0.1) is 18.3 Å². The van der Waals surface area contributed by atoms with Crippen molar-refractivity contribution in [3.8, 4) is 0 Å². The van der Waals surface area contributed by atoms with Gasteiger partial charge in [0, 0.05) is 45.2 Å². The van der Waals surface area contributed by atoms with Crippen molar-refractivity contribution < 1.29 is 18.8 Å². The average molecular weight is 477 g/mol. The minimum absolute atomic E-state index is 0.0233. The van der Waals surface area contributed by atoms with Crippen molar-refractivity contribution in [2.45, 2.75) is 52.5 Å². The maximum atomic E-state index is 12.8. The molecule has 2 amide bonds. The Labute approximate surface area is 202 Å². The Kier molecular flexibility index (Phi) is 8.21. The van der Waals surface area contributed by atoms with Crippen LogP contribution in [0.5, 0.6) is 0 Å². The molecular formula is C24H40N6O4. The van der Waals surface area contributed by atoms with Crippen LogP contribution in [0.25, 0.3) is 0 Å². The van der Waals surface area contributed by atoms with Crippen molar-refractivity contribution in [1.29, 1.82) is 0 Å². The van der Waals surface area contributed by atoms with Crippen LogP contribution in [0.15, 0.2) is 4.52 Å². The summed E-state index contributed by atoms with van der Waals surface area (Å²) in [7, 11) is 0. The summed E-state index contributed by atoms with van der Waals surface area (Å²) < 4.78 is 10.9. The SMILES string of the molecule is Cc1noc(C2CC3(CCN(C(=O)C(C)C)CC3)CN2CC(=O)NCCCN2CCOCC2)n1. The highest BCUT2D eigenvalue weighted by Crippen LogP contribution is 2.48. The number of carbonyl (C=O) groups is 2. The molecule has 4 rings (SSSR count). The van der Waals surface area contributed by atoms with E-state index in [1.165, 1.54) is 0 Å². The van der Waals surface area contributed by atoms with Crippen LogP contribution in [0.2, 0.25) is 0 Å². The lowest BCUT2D eigenvalue weighted by atomic mass is 9.76. The van der Waals surface area contributed by atoms with Crippen molar-refractivity contribution in [3.05, 3.63) is 11.7 Å². The Morgan fingerprint density at radius 2 is 1.91 bits per heavy atom. The summed E-state index contributed by atoms with van der Waals surface area (Å²) in [6.45, 7) is 13.6. The van der Waals surface area contributed by atoms with Crippen LogP contribution in [0.3, 0.4) is 0 Å². The highest BCUT2D eigenvalue weighted by molar-refractivity contribution is 5.78. The van der Waals surface area contributed by atoms with E-state index in [0.29, 0.717) is 24.8 Å². The molecule has 1 N–H and O–H groups in total. The molecule has 1 atom stereocenters. The molecule has 0 aromatic carbocycles. The van der Waals surface area contributed by atoms with Crippen LogP contribution >= 0.6 is 0 Å². The smallest absolute Gasteiger partial charge is 0.244 e. The van der Waals surface area contributed by atoms with Crippen LogP contribution in [0.4, 0.5) is 0 Å². The number of piperidine rings is 1. The normalized spacial score (nSPS) is 23.6. The second-order valence-corrected chi connectivity index (χ2v) is 10.4. The molecule has 10 nitrogen and oxygen atoms in total. The fourth-order valence-electron chi connectivity index (χ4n) is 5.53. The molecular weight excluding hydrogens is 436 g/mol. The monoisotopic (exact) mass is 476 g/mol. The fraction of sp³-hybridized carbons (Fsp3) is 0.833. The molecule has 0 aliphatic carbocycles. The number of morpholine rings is 1. The van der Waals surface area contributed by atoms with Crippen LogP contribution in [0.1, 0.15) is 57.3 Å². The fourth-order valence-corrected chi connectivity index (χ4v) is 5.53. The first kappa shape index (κ1) is 25.1. The number of nitrogens with zero attached hydrogens (tertiary/aromatic N) is 5. The molecule has 1 aromatic heterocycles. The zero-order valence-electron chi connectivity index (χ0n) is 20.9. The minimum Gasteiger partial charge on any atom is -0.379 e. The summed E-state index contributed by atoms with van der Waals surface area (Å²) in [4.78, 5) is 36.3. The first-order valence-electron chi connectivity index (χ1n) is 12.8. The lowest BCUT2D eigenvalue weighted by molar-refractivity contribution is -0.136. The zero-order valence-corrected chi connectivity index (χ0v) is 20.9. The topological polar surface area (TPSA) is 104 Å². The third kappa shape index (κ3) is 6.14. The Morgan fingerprint density at radius 1 is 1.18 bits per heavy atom. The molecule has 3 fully saturated rings. The van der Waals surface area contributed by atoms with E-state index >= 15 is 0 Å². The Bertz CT molecular complexity index is 829. The van der Waals surface area contributed by atoms with Gasteiger partial charge in [0.2, 0.25) is 17.7 Å². The summed E-state index contributed by atoms with van der Waals surface area (Å²) in [5.41, 5.74) is 0.0669. The number of hydrogen-bond donors (Lipinski definition) is 1. The van der Waals surface area contributed by atoms with E-state index in [-0.39, 0.29) is 29.2 Å². The molecule has 3 saturated heterocycles. The first-order chi connectivity index (χ1) is 16.3. The number of hydrogen-bond acceptors (Lipinski definition) is 8. The number of ether oxygens (including phenoxy) is 1. The number of aryl methyl sites for hydroxylation is 1. The first-order valence-corrected chi connectivity index (χ1v) is 12.8. The maximum absolute atomic E-state index is 12.8. The van der Waals surface area contributed by atoms with E-state index in [0.717, 1.165) is 78.2 Å². The van der Waals surface area contributed by atoms with Crippen LogP contribution < -0.4 is 5.32 Å². The van der Waals surface area contributed by atoms with Gasteiger partial charge in [-0.2, -0.15) is 4.98 Å².